The van der Waals surface area contributed by atoms with Crippen molar-refractivity contribution in [2.45, 2.75) is 26.5 Å². The SMILES string of the molecule is Cc1c(N=Nc2ccc(N=Nc3ccc(S)cc3)cc2SN=[N+]=[N-])c(S)cc2c(S(=O)(=O)O)c(N)ccc12. The van der Waals surface area contributed by atoms with Gasteiger partial charge in [0.25, 0.3) is 10.1 Å². The lowest BCUT2D eigenvalue weighted by Gasteiger charge is -2.12. The van der Waals surface area contributed by atoms with E-state index in [1.807, 2.05) is 0 Å². The lowest BCUT2D eigenvalue weighted by atomic mass is 10.0. The van der Waals surface area contributed by atoms with E-state index in [0.717, 1.165) is 16.8 Å². The zero-order chi connectivity index (χ0) is 27.4. The first-order valence-corrected chi connectivity index (χ1v) is 13.7. The highest BCUT2D eigenvalue weighted by atomic mass is 32.2. The number of hydrogen-bond acceptors (Lipinski definition) is 11. The number of azo groups is 2. The van der Waals surface area contributed by atoms with Gasteiger partial charge in [-0.05, 0) is 94.5 Å². The first-order valence-electron chi connectivity index (χ1n) is 10.6. The van der Waals surface area contributed by atoms with Gasteiger partial charge in [0.15, 0.2) is 0 Å². The molecule has 192 valence electrons. The van der Waals surface area contributed by atoms with Crippen molar-refractivity contribution in [2.24, 2.45) is 25.0 Å². The van der Waals surface area contributed by atoms with Crippen molar-refractivity contribution in [1.82, 2.24) is 0 Å². The molecule has 0 bridgehead atoms. The Kier molecular flexibility index (Phi) is 8.26. The number of nitrogens with zero attached hydrogens (tertiary/aromatic N) is 7. The minimum Gasteiger partial charge on any atom is -0.398 e. The average molecular weight is 583 g/mol. The predicted octanol–water partition coefficient (Wildman–Crippen LogP) is 8.70. The maximum absolute atomic E-state index is 11.9. The summed E-state index contributed by atoms with van der Waals surface area (Å²) < 4.78 is 37.1. The number of benzene rings is 4. The van der Waals surface area contributed by atoms with Crippen molar-refractivity contribution >= 4 is 86.5 Å². The zero-order valence-corrected chi connectivity index (χ0v) is 22.9. The van der Waals surface area contributed by atoms with Crippen LogP contribution in [0.4, 0.5) is 28.4 Å². The molecular formula is C23H18N8O3S4. The minimum absolute atomic E-state index is 0.0859. The predicted molar refractivity (Wildman–Crippen MR) is 154 cm³/mol. The van der Waals surface area contributed by atoms with Crippen LogP contribution < -0.4 is 5.73 Å². The third kappa shape index (κ3) is 6.10. The third-order valence-electron chi connectivity index (χ3n) is 5.27. The third-order valence-corrected chi connectivity index (χ3v) is 7.56. The molecule has 11 nitrogen and oxygen atoms in total. The lowest BCUT2D eigenvalue weighted by molar-refractivity contribution is 0.484. The van der Waals surface area contributed by atoms with Gasteiger partial charge in [-0.15, -0.1) is 35.5 Å². The van der Waals surface area contributed by atoms with Crippen LogP contribution >= 0.6 is 37.2 Å². The van der Waals surface area contributed by atoms with Crippen molar-refractivity contribution in [3.05, 3.63) is 76.7 Å². The van der Waals surface area contributed by atoms with Gasteiger partial charge in [0.05, 0.1) is 22.7 Å². The van der Waals surface area contributed by atoms with Gasteiger partial charge in [-0.3, -0.25) is 4.55 Å². The van der Waals surface area contributed by atoms with Gasteiger partial charge in [0.1, 0.15) is 10.6 Å². The van der Waals surface area contributed by atoms with Crippen molar-refractivity contribution in [2.75, 3.05) is 5.73 Å². The second kappa shape index (κ2) is 11.4. The molecule has 15 heteroatoms. The number of nitrogen functional groups attached to an aromatic ring is 1. The fourth-order valence-electron chi connectivity index (χ4n) is 3.55. The van der Waals surface area contributed by atoms with Crippen LogP contribution in [-0.4, -0.2) is 13.0 Å². The van der Waals surface area contributed by atoms with Crippen molar-refractivity contribution in [3.8, 4) is 0 Å². The van der Waals surface area contributed by atoms with Gasteiger partial charge in [0.2, 0.25) is 0 Å². The summed E-state index contributed by atoms with van der Waals surface area (Å²) in [5.74, 6) is 0. The Balaban J connectivity index is 1.74. The van der Waals surface area contributed by atoms with Crippen LogP contribution in [0, 0.1) is 6.92 Å². The molecule has 0 aliphatic rings. The minimum atomic E-state index is -4.58. The summed E-state index contributed by atoms with van der Waals surface area (Å²) in [7, 11) is -4.58. The number of nitrogens with two attached hydrogens (primary N) is 1. The van der Waals surface area contributed by atoms with Crippen LogP contribution in [0.5, 0.6) is 0 Å². The van der Waals surface area contributed by atoms with Gasteiger partial charge >= 0.3 is 0 Å². The first kappa shape index (κ1) is 27.4. The summed E-state index contributed by atoms with van der Waals surface area (Å²) in [6.07, 6.45) is 0. The number of aryl methyl sites for hydroxylation is 1. The second-order valence-corrected chi connectivity index (χ2v) is 10.9. The van der Waals surface area contributed by atoms with E-state index >= 15 is 0 Å². The fraction of sp³-hybridized carbons (Fsp3) is 0.0435. The Morgan fingerprint density at radius 3 is 2.29 bits per heavy atom. The Morgan fingerprint density at radius 2 is 1.61 bits per heavy atom. The Hall–Kier alpha value is -3.59. The molecule has 0 amide bonds. The fourth-order valence-corrected chi connectivity index (χ4v) is 5.35. The van der Waals surface area contributed by atoms with Crippen LogP contribution in [0.25, 0.3) is 21.2 Å². The van der Waals surface area contributed by atoms with E-state index in [2.05, 4.69) is 55.1 Å². The van der Waals surface area contributed by atoms with Crippen LogP contribution in [0.2, 0.25) is 0 Å². The van der Waals surface area contributed by atoms with E-state index < -0.39 is 15.0 Å². The molecule has 0 saturated carbocycles. The monoisotopic (exact) mass is 582 g/mol. The molecule has 4 aromatic rings. The molecule has 0 fully saturated rings. The molecule has 4 aromatic carbocycles. The van der Waals surface area contributed by atoms with E-state index in [-0.39, 0.29) is 11.1 Å². The molecule has 0 saturated heterocycles. The van der Waals surface area contributed by atoms with Crippen LogP contribution in [0.15, 0.2) is 105 Å². The summed E-state index contributed by atoms with van der Waals surface area (Å²) in [4.78, 5) is 3.99. The summed E-state index contributed by atoms with van der Waals surface area (Å²) in [6.45, 7) is 1.72. The standard InChI is InChI=1S/C23H18N8O3S4/c1-12-16-7-8-18(24)23(38(32,33)34)17(16)11-20(36)22(12)29-28-19-9-4-14(10-21(19)37-31-30-25)27-26-13-2-5-15(35)6-3-13/h2-11,35-36H,24H2,1H3,(H,32,33,34). The molecule has 0 radical (unpaired) electrons. The van der Waals surface area contributed by atoms with Crippen molar-refractivity contribution in [3.63, 3.8) is 0 Å². The Morgan fingerprint density at radius 1 is 0.921 bits per heavy atom. The van der Waals surface area contributed by atoms with Gasteiger partial charge in [-0.2, -0.15) is 18.6 Å². The summed E-state index contributed by atoms with van der Waals surface area (Å²) in [6, 6.07) is 16.6. The molecule has 0 aliphatic carbocycles. The zero-order valence-electron chi connectivity index (χ0n) is 19.5. The Labute approximate surface area is 232 Å². The van der Waals surface area contributed by atoms with E-state index in [9.17, 15) is 13.0 Å². The van der Waals surface area contributed by atoms with Gasteiger partial charge in [-0.25, -0.2) is 0 Å². The molecule has 4 rings (SSSR count). The maximum Gasteiger partial charge on any atom is 0.297 e. The van der Waals surface area contributed by atoms with Crippen LogP contribution in [0.1, 0.15) is 5.56 Å². The number of hydrogen-bond donors (Lipinski definition) is 4. The normalized spacial score (nSPS) is 11.9. The quantitative estimate of drug-likeness (QED) is 0.0323. The molecule has 0 aromatic heterocycles. The molecule has 0 aliphatic heterocycles. The van der Waals surface area contributed by atoms with Gasteiger partial charge in [0, 0.05) is 25.0 Å². The van der Waals surface area contributed by atoms with Crippen molar-refractivity contribution < 1.29 is 13.0 Å². The van der Waals surface area contributed by atoms with Crippen LogP contribution in [0.3, 0.4) is 0 Å². The molecule has 0 heterocycles. The molecule has 0 atom stereocenters. The molecule has 38 heavy (non-hydrogen) atoms. The van der Waals surface area contributed by atoms with Crippen LogP contribution in [-0.2, 0) is 10.1 Å². The number of rotatable bonds is 7. The lowest BCUT2D eigenvalue weighted by Crippen LogP contribution is -2.04. The average Bonchev–Trinajstić information content (AvgIpc) is 2.86. The second-order valence-electron chi connectivity index (χ2n) is 7.75. The number of thiol groups is 2. The van der Waals surface area contributed by atoms with Gasteiger partial charge < -0.3 is 5.73 Å². The number of fused-ring (bicyclic) bond motifs is 1. The smallest absolute Gasteiger partial charge is 0.297 e. The Bertz CT molecular complexity index is 1770. The molecule has 3 N–H and O–H groups in total. The molecule has 0 spiro atoms. The summed E-state index contributed by atoms with van der Waals surface area (Å²) >= 11 is 9.56. The summed E-state index contributed by atoms with van der Waals surface area (Å²) in [5.41, 5.74) is 17.0. The number of azide groups is 1. The van der Waals surface area contributed by atoms with E-state index in [4.69, 9.17) is 11.3 Å². The molecule has 0 unspecified atom stereocenters. The van der Waals surface area contributed by atoms with Gasteiger partial charge in [-0.1, -0.05) is 6.07 Å². The first-order chi connectivity index (χ1) is 18.1. The van der Waals surface area contributed by atoms with E-state index in [0.29, 0.717) is 43.5 Å². The van der Waals surface area contributed by atoms with E-state index in [1.54, 1.807) is 55.5 Å². The maximum atomic E-state index is 11.9. The highest BCUT2D eigenvalue weighted by molar-refractivity contribution is 7.98. The topological polar surface area (TPSA) is 179 Å². The largest absolute Gasteiger partial charge is 0.398 e. The molecular weight excluding hydrogens is 565 g/mol. The highest BCUT2D eigenvalue weighted by Crippen LogP contribution is 2.41. The summed E-state index contributed by atoms with van der Waals surface area (Å²) in [5, 5.41) is 17.8. The van der Waals surface area contributed by atoms with E-state index in [1.165, 1.54) is 12.1 Å². The van der Waals surface area contributed by atoms with Crippen molar-refractivity contribution in [1.29, 1.82) is 0 Å². The number of anilines is 1. The highest BCUT2D eigenvalue weighted by Gasteiger charge is 2.21.